The molecule has 0 saturated heterocycles. The molecule has 3 heteroatoms. The summed E-state index contributed by atoms with van der Waals surface area (Å²) in [5.41, 5.74) is 2.52. The van der Waals surface area contributed by atoms with Gasteiger partial charge >= 0.3 is 0 Å². The van der Waals surface area contributed by atoms with Crippen LogP contribution in [0.5, 0.6) is 5.75 Å². The summed E-state index contributed by atoms with van der Waals surface area (Å²) in [5.74, 6) is 1.96. The Kier molecular flexibility index (Phi) is 3.36. The molecule has 1 nitrogen and oxygen atoms in total. The Morgan fingerprint density at radius 1 is 1.41 bits per heavy atom. The average Bonchev–Trinajstić information content (AvgIpc) is 2.69. The van der Waals surface area contributed by atoms with E-state index >= 15 is 0 Å². The van der Waals surface area contributed by atoms with Crippen LogP contribution in [0.2, 0.25) is 5.02 Å². The lowest BCUT2D eigenvalue weighted by molar-refractivity contribution is 0.293. The number of hydrogen-bond acceptors (Lipinski definition) is 1. The molecule has 1 aliphatic heterocycles. The molecule has 0 radical (unpaired) electrons. The number of halogens is 2. The van der Waals surface area contributed by atoms with Crippen LogP contribution in [0.1, 0.15) is 41.6 Å². The second-order valence-electron chi connectivity index (χ2n) is 5.08. The van der Waals surface area contributed by atoms with Gasteiger partial charge < -0.3 is 4.74 Å². The van der Waals surface area contributed by atoms with E-state index in [1.807, 2.05) is 6.07 Å². The highest BCUT2D eigenvalue weighted by Gasteiger charge is 2.26. The van der Waals surface area contributed by atoms with Crippen LogP contribution >= 0.6 is 27.5 Å². The van der Waals surface area contributed by atoms with E-state index in [0.29, 0.717) is 4.83 Å². The smallest absolute Gasteiger partial charge is 0.127 e. The fraction of sp³-hybridized carbons (Fsp3) is 0.571. The maximum absolute atomic E-state index is 6.18. The molecule has 1 unspecified atom stereocenters. The van der Waals surface area contributed by atoms with Gasteiger partial charge in [0.2, 0.25) is 0 Å². The molecule has 0 spiro atoms. The fourth-order valence-electron chi connectivity index (χ4n) is 2.68. The first-order chi connectivity index (χ1) is 8.24. The minimum atomic E-state index is 0.387. The van der Waals surface area contributed by atoms with Crippen molar-refractivity contribution >= 4 is 27.5 Å². The number of fused-ring (bicyclic) bond motifs is 1. The lowest BCUT2D eigenvalue weighted by atomic mass is 9.81. The Bertz CT molecular complexity index is 428. The molecule has 2 aliphatic rings. The number of alkyl halides is 1. The van der Waals surface area contributed by atoms with E-state index in [-0.39, 0.29) is 0 Å². The molecule has 1 aromatic rings. The minimum absolute atomic E-state index is 0.387. The van der Waals surface area contributed by atoms with Crippen molar-refractivity contribution in [1.29, 1.82) is 0 Å². The zero-order valence-corrected chi connectivity index (χ0v) is 12.1. The number of rotatable bonds is 3. The molecule has 0 N–H and O–H groups in total. The second kappa shape index (κ2) is 4.81. The highest BCUT2D eigenvalue weighted by atomic mass is 79.9. The number of ether oxygens (including phenoxy) is 1. The van der Waals surface area contributed by atoms with Crippen molar-refractivity contribution in [2.75, 3.05) is 6.61 Å². The molecule has 1 saturated carbocycles. The van der Waals surface area contributed by atoms with Gasteiger partial charge in [-0.2, -0.15) is 0 Å². The summed E-state index contributed by atoms with van der Waals surface area (Å²) in [5, 5.41) is 0.835. The first-order valence-corrected chi connectivity index (χ1v) is 7.62. The van der Waals surface area contributed by atoms with Crippen molar-refractivity contribution in [2.24, 2.45) is 5.92 Å². The Balaban J connectivity index is 1.85. The molecule has 0 bridgehead atoms. The molecule has 1 fully saturated rings. The van der Waals surface area contributed by atoms with Gasteiger partial charge in [0, 0.05) is 21.8 Å². The van der Waals surface area contributed by atoms with E-state index in [1.165, 1.54) is 36.8 Å². The van der Waals surface area contributed by atoms with Crippen LogP contribution in [0, 0.1) is 5.92 Å². The molecule has 0 aromatic heterocycles. The second-order valence-corrected chi connectivity index (χ2v) is 6.62. The van der Waals surface area contributed by atoms with Crippen LogP contribution in [0.15, 0.2) is 12.1 Å². The summed E-state index contributed by atoms with van der Waals surface area (Å²) in [7, 11) is 0. The predicted octanol–water partition coefficient (Wildman–Crippen LogP) is 4.90. The van der Waals surface area contributed by atoms with E-state index < -0.39 is 0 Å². The van der Waals surface area contributed by atoms with Crippen LogP contribution in [-0.2, 0) is 6.42 Å². The normalized spacial score (nSPS) is 20.6. The van der Waals surface area contributed by atoms with Crippen molar-refractivity contribution in [3.63, 3.8) is 0 Å². The molecule has 17 heavy (non-hydrogen) atoms. The first kappa shape index (κ1) is 11.9. The molecular weight excluding hydrogens is 300 g/mol. The molecule has 1 aromatic carbocycles. The summed E-state index contributed by atoms with van der Waals surface area (Å²) < 4.78 is 5.75. The van der Waals surface area contributed by atoms with Crippen molar-refractivity contribution in [3.8, 4) is 5.75 Å². The number of benzene rings is 1. The number of hydrogen-bond donors (Lipinski definition) is 0. The maximum atomic E-state index is 6.18. The van der Waals surface area contributed by atoms with Gasteiger partial charge in [0.05, 0.1) is 6.61 Å². The van der Waals surface area contributed by atoms with Crippen LogP contribution in [0.25, 0.3) is 0 Å². The Morgan fingerprint density at radius 2 is 2.24 bits per heavy atom. The predicted molar refractivity (Wildman–Crippen MR) is 74.3 cm³/mol. The van der Waals surface area contributed by atoms with Crippen molar-refractivity contribution in [1.82, 2.24) is 0 Å². The third-order valence-corrected chi connectivity index (χ3v) is 4.96. The summed E-state index contributed by atoms with van der Waals surface area (Å²) >= 11 is 9.99. The van der Waals surface area contributed by atoms with Gasteiger partial charge in [0.25, 0.3) is 0 Å². The van der Waals surface area contributed by atoms with E-state index in [0.717, 1.165) is 29.7 Å². The SMILES string of the molecule is Clc1cc2c(c(C(Br)CC3CCC3)c1)OCC2. The zero-order chi connectivity index (χ0) is 11.8. The van der Waals surface area contributed by atoms with Crippen LogP contribution in [0.3, 0.4) is 0 Å². The van der Waals surface area contributed by atoms with Crippen molar-refractivity contribution in [3.05, 3.63) is 28.3 Å². The van der Waals surface area contributed by atoms with E-state index in [4.69, 9.17) is 16.3 Å². The Morgan fingerprint density at radius 3 is 2.94 bits per heavy atom. The lowest BCUT2D eigenvalue weighted by Crippen LogP contribution is -2.13. The topological polar surface area (TPSA) is 9.23 Å². The molecule has 1 atom stereocenters. The van der Waals surface area contributed by atoms with Crippen molar-refractivity contribution in [2.45, 2.75) is 36.9 Å². The summed E-state index contributed by atoms with van der Waals surface area (Å²) in [6, 6.07) is 4.10. The van der Waals surface area contributed by atoms with Gasteiger partial charge in [-0.05, 0) is 30.0 Å². The monoisotopic (exact) mass is 314 g/mol. The molecule has 3 rings (SSSR count). The van der Waals surface area contributed by atoms with E-state index in [2.05, 4.69) is 22.0 Å². The van der Waals surface area contributed by atoms with Crippen molar-refractivity contribution < 1.29 is 4.74 Å². The Labute approximate surface area is 116 Å². The van der Waals surface area contributed by atoms with Gasteiger partial charge in [-0.3, -0.25) is 0 Å². The van der Waals surface area contributed by atoms with Gasteiger partial charge in [-0.15, -0.1) is 0 Å². The van der Waals surface area contributed by atoms with Crippen LogP contribution in [0.4, 0.5) is 0 Å². The molecule has 1 aliphatic carbocycles. The standard InChI is InChI=1S/C14H16BrClO/c15-13(6-9-2-1-3-9)12-8-11(16)7-10-4-5-17-14(10)12/h7-9,13H,1-6H2. The van der Waals surface area contributed by atoms with Crippen LogP contribution in [-0.4, -0.2) is 6.61 Å². The van der Waals surface area contributed by atoms with Gasteiger partial charge in [-0.25, -0.2) is 0 Å². The summed E-state index contributed by atoms with van der Waals surface area (Å²) in [4.78, 5) is 0.387. The zero-order valence-electron chi connectivity index (χ0n) is 9.72. The van der Waals surface area contributed by atoms with Gasteiger partial charge in [0.15, 0.2) is 0 Å². The third kappa shape index (κ3) is 2.34. The highest BCUT2D eigenvalue weighted by Crippen LogP contribution is 2.44. The van der Waals surface area contributed by atoms with Gasteiger partial charge in [-0.1, -0.05) is 46.8 Å². The third-order valence-electron chi connectivity index (χ3n) is 3.88. The largest absolute Gasteiger partial charge is 0.493 e. The fourth-order valence-corrected chi connectivity index (χ4v) is 3.80. The quantitative estimate of drug-likeness (QED) is 0.721. The minimum Gasteiger partial charge on any atom is -0.493 e. The van der Waals surface area contributed by atoms with Gasteiger partial charge in [0.1, 0.15) is 5.75 Å². The Hall–Kier alpha value is -0.210. The van der Waals surface area contributed by atoms with E-state index in [9.17, 15) is 0 Å². The summed E-state index contributed by atoms with van der Waals surface area (Å²) in [6.07, 6.45) is 6.36. The summed E-state index contributed by atoms with van der Waals surface area (Å²) in [6.45, 7) is 0.797. The highest BCUT2D eigenvalue weighted by molar-refractivity contribution is 9.09. The maximum Gasteiger partial charge on any atom is 0.127 e. The average molecular weight is 316 g/mol. The molecule has 1 heterocycles. The lowest BCUT2D eigenvalue weighted by Gasteiger charge is -2.28. The molecule has 92 valence electrons. The van der Waals surface area contributed by atoms with E-state index in [1.54, 1.807) is 0 Å². The molecular formula is C14H16BrClO. The molecule has 0 amide bonds. The first-order valence-electron chi connectivity index (χ1n) is 6.33. The van der Waals surface area contributed by atoms with Crippen LogP contribution < -0.4 is 4.74 Å².